The normalized spacial score (nSPS) is 10.8. The zero-order valence-electron chi connectivity index (χ0n) is 10.2. The predicted molar refractivity (Wildman–Crippen MR) is 68.8 cm³/mol. The Balaban J connectivity index is 2.25. The molecule has 1 amide bonds. The number of rotatable bonds is 6. The summed E-state index contributed by atoms with van der Waals surface area (Å²) >= 11 is 0. The first-order valence-electron chi connectivity index (χ1n) is 5.53. The van der Waals surface area contributed by atoms with E-state index in [1.54, 1.807) is 0 Å². The number of benzene rings is 1. The standard InChI is InChI=1S/C12H15N3O4/c13-10(14-7-11(16)17)6-15-12(18)19-8-9-4-2-1-3-5-9/h1-5H,6-8H2,(H2,13,14)(H,15,18)(H,16,17). The fourth-order valence-electron chi connectivity index (χ4n) is 1.16. The van der Waals surface area contributed by atoms with Crippen molar-refractivity contribution < 1.29 is 19.4 Å². The van der Waals surface area contributed by atoms with Gasteiger partial charge in [0.2, 0.25) is 0 Å². The van der Waals surface area contributed by atoms with Crippen LogP contribution in [0.5, 0.6) is 0 Å². The van der Waals surface area contributed by atoms with Gasteiger partial charge in [-0.3, -0.25) is 9.79 Å². The quantitative estimate of drug-likeness (QED) is 0.507. The number of carbonyl (C=O) groups excluding carboxylic acids is 1. The van der Waals surface area contributed by atoms with Gasteiger partial charge in [0.15, 0.2) is 0 Å². The third-order valence-corrected chi connectivity index (χ3v) is 2.04. The van der Waals surface area contributed by atoms with E-state index in [-0.39, 0.29) is 19.0 Å². The van der Waals surface area contributed by atoms with Crippen molar-refractivity contribution in [3.8, 4) is 0 Å². The topological polar surface area (TPSA) is 114 Å². The second-order valence-electron chi connectivity index (χ2n) is 3.62. The van der Waals surface area contributed by atoms with Crippen molar-refractivity contribution in [2.24, 2.45) is 10.7 Å². The summed E-state index contributed by atoms with van der Waals surface area (Å²) in [5, 5.41) is 10.7. The lowest BCUT2D eigenvalue weighted by Gasteiger charge is -2.06. The molecule has 0 radical (unpaired) electrons. The SMILES string of the molecule is NC(CNC(=O)OCc1ccccc1)=NCC(=O)O. The van der Waals surface area contributed by atoms with Crippen LogP contribution in [-0.4, -0.2) is 36.1 Å². The molecule has 0 bridgehead atoms. The van der Waals surface area contributed by atoms with Crippen molar-refractivity contribution in [1.82, 2.24) is 5.32 Å². The summed E-state index contributed by atoms with van der Waals surface area (Å²) in [6.07, 6.45) is -0.641. The van der Waals surface area contributed by atoms with E-state index in [1.165, 1.54) is 0 Å². The smallest absolute Gasteiger partial charge is 0.407 e. The van der Waals surface area contributed by atoms with Crippen LogP contribution in [-0.2, 0) is 16.1 Å². The van der Waals surface area contributed by atoms with Crippen LogP contribution >= 0.6 is 0 Å². The van der Waals surface area contributed by atoms with Gasteiger partial charge in [-0.2, -0.15) is 0 Å². The first-order valence-corrected chi connectivity index (χ1v) is 5.53. The van der Waals surface area contributed by atoms with Crippen LogP contribution in [0, 0.1) is 0 Å². The van der Waals surface area contributed by atoms with Gasteiger partial charge in [0.25, 0.3) is 0 Å². The molecule has 0 aliphatic carbocycles. The Morgan fingerprint density at radius 2 is 2.00 bits per heavy atom. The number of nitrogens with zero attached hydrogens (tertiary/aromatic N) is 1. The molecule has 0 aliphatic rings. The van der Waals surface area contributed by atoms with E-state index in [9.17, 15) is 9.59 Å². The molecule has 4 N–H and O–H groups in total. The van der Waals surface area contributed by atoms with E-state index in [2.05, 4.69) is 10.3 Å². The van der Waals surface area contributed by atoms with E-state index in [1.807, 2.05) is 30.3 Å². The van der Waals surface area contributed by atoms with Crippen LogP contribution in [0.4, 0.5) is 4.79 Å². The predicted octanol–water partition coefficient (Wildman–Crippen LogP) is 0.355. The monoisotopic (exact) mass is 265 g/mol. The van der Waals surface area contributed by atoms with Gasteiger partial charge in [0.1, 0.15) is 19.0 Å². The number of amidine groups is 1. The Kier molecular flexibility index (Phi) is 5.87. The Morgan fingerprint density at radius 1 is 1.32 bits per heavy atom. The Hall–Kier alpha value is -2.57. The first-order chi connectivity index (χ1) is 9.08. The van der Waals surface area contributed by atoms with Gasteiger partial charge in [0, 0.05) is 0 Å². The number of aliphatic carboxylic acids is 1. The average molecular weight is 265 g/mol. The molecule has 0 aromatic heterocycles. The summed E-state index contributed by atoms with van der Waals surface area (Å²) in [6, 6.07) is 9.20. The zero-order chi connectivity index (χ0) is 14.1. The number of carboxylic acids is 1. The van der Waals surface area contributed by atoms with Crippen molar-refractivity contribution in [3.63, 3.8) is 0 Å². The maximum absolute atomic E-state index is 11.3. The highest BCUT2D eigenvalue weighted by Crippen LogP contribution is 2.00. The number of ether oxygens (including phenoxy) is 1. The number of carboxylic acid groups (broad SMARTS) is 1. The van der Waals surface area contributed by atoms with Crippen LogP contribution in [0.1, 0.15) is 5.56 Å². The summed E-state index contributed by atoms with van der Waals surface area (Å²) < 4.78 is 4.93. The third kappa shape index (κ3) is 6.67. The molecular weight excluding hydrogens is 250 g/mol. The molecule has 1 aromatic rings. The lowest BCUT2D eigenvalue weighted by molar-refractivity contribution is -0.135. The molecule has 0 atom stereocenters. The minimum atomic E-state index is -1.09. The highest BCUT2D eigenvalue weighted by molar-refractivity contribution is 5.87. The molecule has 0 spiro atoms. The van der Waals surface area contributed by atoms with Crippen LogP contribution in [0.3, 0.4) is 0 Å². The molecule has 7 heteroatoms. The Morgan fingerprint density at radius 3 is 2.63 bits per heavy atom. The van der Waals surface area contributed by atoms with Gasteiger partial charge < -0.3 is 20.9 Å². The maximum atomic E-state index is 11.3. The molecule has 0 aliphatic heterocycles. The summed E-state index contributed by atoms with van der Waals surface area (Å²) in [6.45, 7) is -0.327. The van der Waals surface area contributed by atoms with Gasteiger partial charge >= 0.3 is 12.1 Å². The van der Waals surface area contributed by atoms with Gasteiger partial charge in [-0.05, 0) is 5.56 Å². The molecule has 0 saturated carbocycles. The summed E-state index contributed by atoms with van der Waals surface area (Å²) in [7, 11) is 0. The first kappa shape index (κ1) is 14.5. The van der Waals surface area contributed by atoms with E-state index in [0.717, 1.165) is 5.56 Å². The molecule has 7 nitrogen and oxygen atoms in total. The van der Waals surface area contributed by atoms with E-state index in [0.29, 0.717) is 0 Å². The van der Waals surface area contributed by atoms with Crippen molar-refractivity contribution in [2.45, 2.75) is 6.61 Å². The molecule has 102 valence electrons. The van der Waals surface area contributed by atoms with Gasteiger partial charge in [-0.1, -0.05) is 30.3 Å². The summed E-state index contributed by atoms with van der Waals surface area (Å²) in [5.74, 6) is -1.06. The van der Waals surface area contributed by atoms with Crippen LogP contribution in [0.25, 0.3) is 0 Å². The van der Waals surface area contributed by atoms with Crippen LogP contribution in [0.15, 0.2) is 35.3 Å². The van der Waals surface area contributed by atoms with E-state index >= 15 is 0 Å². The number of nitrogens with one attached hydrogen (secondary N) is 1. The number of alkyl carbamates (subject to hydrolysis) is 1. The second-order valence-corrected chi connectivity index (χ2v) is 3.62. The molecule has 0 heterocycles. The minimum absolute atomic E-state index is 0.0269. The number of carbonyl (C=O) groups is 2. The van der Waals surface area contributed by atoms with Crippen molar-refractivity contribution >= 4 is 17.9 Å². The minimum Gasteiger partial charge on any atom is -0.480 e. The molecule has 0 unspecified atom stereocenters. The second kappa shape index (κ2) is 7.70. The van der Waals surface area contributed by atoms with Crippen molar-refractivity contribution in [1.29, 1.82) is 0 Å². The highest BCUT2D eigenvalue weighted by atomic mass is 16.5. The molecule has 1 rings (SSSR count). The summed E-state index contributed by atoms with van der Waals surface area (Å²) in [4.78, 5) is 25.1. The lowest BCUT2D eigenvalue weighted by atomic mass is 10.2. The van der Waals surface area contributed by atoms with Gasteiger partial charge in [-0.25, -0.2) is 4.79 Å². The Labute approximate surface area is 110 Å². The number of aliphatic imine (C=N–C) groups is 1. The number of amides is 1. The van der Waals surface area contributed by atoms with Crippen molar-refractivity contribution in [2.75, 3.05) is 13.1 Å². The van der Waals surface area contributed by atoms with Crippen LogP contribution in [0.2, 0.25) is 0 Å². The molecule has 19 heavy (non-hydrogen) atoms. The molecule has 1 aromatic carbocycles. The Bertz CT molecular complexity index is 459. The average Bonchev–Trinajstić information content (AvgIpc) is 2.41. The van der Waals surface area contributed by atoms with E-state index in [4.69, 9.17) is 15.6 Å². The van der Waals surface area contributed by atoms with Crippen molar-refractivity contribution in [3.05, 3.63) is 35.9 Å². The zero-order valence-corrected chi connectivity index (χ0v) is 10.2. The molecular formula is C12H15N3O4. The van der Waals surface area contributed by atoms with E-state index < -0.39 is 18.6 Å². The highest BCUT2D eigenvalue weighted by Gasteiger charge is 2.03. The number of nitrogens with two attached hydrogens (primary N) is 1. The van der Waals surface area contributed by atoms with Gasteiger partial charge in [-0.15, -0.1) is 0 Å². The fraction of sp³-hybridized carbons (Fsp3) is 0.250. The summed E-state index contributed by atoms with van der Waals surface area (Å²) in [5.41, 5.74) is 6.26. The van der Waals surface area contributed by atoms with Crippen LogP contribution < -0.4 is 11.1 Å². The largest absolute Gasteiger partial charge is 0.480 e. The fourth-order valence-corrected chi connectivity index (χ4v) is 1.16. The molecule has 0 fully saturated rings. The number of hydrogen-bond donors (Lipinski definition) is 3. The lowest BCUT2D eigenvalue weighted by Crippen LogP contribution is -2.34. The number of hydrogen-bond acceptors (Lipinski definition) is 4. The maximum Gasteiger partial charge on any atom is 0.407 e. The van der Waals surface area contributed by atoms with Gasteiger partial charge in [0.05, 0.1) is 6.54 Å². The third-order valence-electron chi connectivity index (χ3n) is 2.04. The molecule has 0 saturated heterocycles.